The molecule has 1 amide bonds. The van der Waals surface area contributed by atoms with Crippen molar-refractivity contribution in [2.24, 2.45) is 5.92 Å². The lowest BCUT2D eigenvalue weighted by atomic mass is 9.88. The van der Waals surface area contributed by atoms with Gasteiger partial charge in [0.1, 0.15) is 0 Å². The number of ether oxygens (including phenoxy) is 1. The van der Waals surface area contributed by atoms with E-state index in [1.54, 1.807) is 20.8 Å². The highest BCUT2D eigenvalue weighted by atomic mass is 16.5. The molecule has 1 atom stereocenters. The first-order chi connectivity index (χ1) is 7.76. The van der Waals surface area contributed by atoms with Crippen molar-refractivity contribution in [3.8, 4) is 0 Å². The van der Waals surface area contributed by atoms with Crippen molar-refractivity contribution < 1.29 is 24.2 Å². The Kier molecular flexibility index (Phi) is 5.64. The van der Waals surface area contributed by atoms with E-state index in [-0.39, 0.29) is 18.9 Å². The number of rotatable bonds is 6. The van der Waals surface area contributed by atoms with Crippen LogP contribution in [0.5, 0.6) is 0 Å². The summed E-state index contributed by atoms with van der Waals surface area (Å²) in [6.45, 7) is 6.33. The third-order valence-electron chi connectivity index (χ3n) is 2.09. The molecular formula is C11H19NO5. The number of nitrogens with one attached hydrogen (secondary N) is 1. The van der Waals surface area contributed by atoms with Crippen molar-refractivity contribution >= 4 is 17.8 Å². The summed E-state index contributed by atoms with van der Waals surface area (Å²) in [6, 6.07) is 0. The van der Waals surface area contributed by atoms with Gasteiger partial charge in [-0.1, -0.05) is 13.8 Å². The van der Waals surface area contributed by atoms with E-state index in [1.807, 2.05) is 0 Å². The van der Waals surface area contributed by atoms with Gasteiger partial charge in [0.05, 0.1) is 6.61 Å². The Labute approximate surface area is 100 Å². The van der Waals surface area contributed by atoms with Gasteiger partial charge in [0, 0.05) is 6.92 Å². The Morgan fingerprint density at radius 3 is 2.18 bits per heavy atom. The van der Waals surface area contributed by atoms with E-state index in [0.717, 1.165) is 6.92 Å². The molecule has 6 nitrogen and oxygen atoms in total. The molecule has 0 spiro atoms. The molecule has 0 aliphatic rings. The van der Waals surface area contributed by atoms with Crippen LogP contribution in [-0.4, -0.2) is 35.1 Å². The SMILES string of the molecule is CCOC(=O)C(CC(C)C)(NC(C)=O)C(=O)O. The predicted molar refractivity (Wildman–Crippen MR) is 60.3 cm³/mol. The number of carboxylic acids is 1. The van der Waals surface area contributed by atoms with Gasteiger partial charge in [-0.15, -0.1) is 0 Å². The molecule has 0 radical (unpaired) electrons. The highest BCUT2D eigenvalue weighted by Crippen LogP contribution is 2.19. The minimum Gasteiger partial charge on any atom is -0.479 e. The lowest BCUT2D eigenvalue weighted by Crippen LogP contribution is -2.61. The lowest BCUT2D eigenvalue weighted by molar-refractivity contribution is -0.165. The maximum atomic E-state index is 11.8. The number of esters is 1. The summed E-state index contributed by atoms with van der Waals surface area (Å²) in [5.74, 6) is -3.00. The second-order valence-corrected chi connectivity index (χ2v) is 4.21. The predicted octanol–water partition coefficient (Wildman–Crippen LogP) is 0.555. The van der Waals surface area contributed by atoms with Crippen LogP contribution in [0, 0.1) is 5.92 Å². The molecule has 0 aliphatic heterocycles. The van der Waals surface area contributed by atoms with E-state index in [0.29, 0.717) is 0 Å². The normalized spacial score (nSPS) is 13.9. The number of aliphatic carboxylic acids is 1. The van der Waals surface area contributed by atoms with Crippen molar-refractivity contribution in [3.63, 3.8) is 0 Å². The highest BCUT2D eigenvalue weighted by molar-refractivity contribution is 6.06. The molecule has 0 saturated carbocycles. The van der Waals surface area contributed by atoms with Gasteiger partial charge in [-0.2, -0.15) is 0 Å². The van der Waals surface area contributed by atoms with Crippen LogP contribution < -0.4 is 5.32 Å². The zero-order chi connectivity index (χ0) is 13.6. The van der Waals surface area contributed by atoms with Gasteiger partial charge in [-0.3, -0.25) is 4.79 Å². The van der Waals surface area contributed by atoms with Gasteiger partial charge < -0.3 is 15.2 Å². The van der Waals surface area contributed by atoms with Crippen molar-refractivity contribution in [1.82, 2.24) is 5.32 Å². The minimum absolute atomic E-state index is 0.0131. The summed E-state index contributed by atoms with van der Waals surface area (Å²) in [4.78, 5) is 34.1. The average molecular weight is 245 g/mol. The lowest BCUT2D eigenvalue weighted by Gasteiger charge is -2.29. The Morgan fingerprint density at radius 1 is 1.35 bits per heavy atom. The Balaban J connectivity index is 5.30. The number of amides is 1. The standard InChI is InChI=1S/C11H19NO5/c1-5-17-10(16)11(9(14)15,6-7(2)3)12-8(4)13/h7H,5-6H2,1-4H3,(H,12,13)(H,14,15). The Hall–Kier alpha value is -1.59. The van der Waals surface area contributed by atoms with E-state index in [2.05, 4.69) is 5.32 Å². The first kappa shape index (κ1) is 15.4. The van der Waals surface area contributed by atoms with Crippen molar-refractivity contribution in [2.75, 3.05) is 6.61 Å². The van der Waals surface area contributed by atoms with Crippen molar-refractivity contribution in [3.05, 3.63) is 0 Å². The van der Waals surface area contributed by atoms with E-state index in [4.69, 9.17) is 4.74 Å². The van der Waals surface area contributed by atoms with Crippen molar-refractivity contribution in [1.29, 1.82) is 0 Å². The fourth-order valence-corrected chi connectivity index (χ4v) is 1.58. The van der Waals surface area contributed by atoms with Crippen molar-refractivity contribution in [2.45, 2.75) is 39.7 Å². The van der Waals surface area contributed by atoms with Crippen LogP contribution in [0.25, 0.3) is 0 Å². The topological polar surface area (TPSA) is 92.7 Å². The summed E-state index contributed by atoms with van der Waals surface area (Å²) in [7, 11) is 0. The summed E-state index contributed by atoms with van der Waals surface area (Å²) in [6.07, 6.45) is -0.0131. The molecule has 0 aromatic carbocycles. The van der Waals surface area contributed by atoms with Gasteiger partial charge in [0.2, 0.25) is 11.4 Å². The first-order valence-corrected chi connectivity index (χ1v) is 5.45. The molecule has 0 saturated heterocycles. The van der Waals surface area contributed by atoms with E-state index in [1.165, 1.54) is 0 Å². The maximum absolute atomic E-state index is 11.8. The molecule has 2 N–H and O–H groups in total. The van der Waals surface area contributed by atoms with Crippen LogP contribution in [0.15, 0.2) is 0 Å². The summed E-state index contributed by atoms with van der Waals surface area (Å²) in [5.41, 5.74) is -1.99. The third kappa shape index (κ3) is 4.05. The maximum Gasteiger partial charge on any atom is 0.343 e. The molecule has 0 heterocycles. The molecule has 6 heteroatoms. The quantitative estimate of drug-likeness (QED) is 0.526. The smallest absolute Gasteiger partial charge is 0.343 e. The summed E-state index contributed by atoms with van der Waals surface area (Å²) >= 11 is 0. The molecule has 0 bridgehead atoms. The molecule has 0 aliphatic carbocycles. The summed E-state index contributed by atoms with van der Waals surface area (Å²) < 4.78 is 4.74. The Morgan fingerprint density at radius 2 is 1.88 bits per heavy atom. The number of carbonyl (C=O) groups is 3. The molecule has 98 valence electrons. The zero-order valence-electron chi connectivity index (χ0n) is 10.6. The first-order valence-electron chi connectivity index (χ1n) is 5.45. The minimum atomic E-state index is -1.99. The molecule has 17 heavy (non-hydrogen) atoms. The number of carboxylic acid groups (broad SMARTS) is 1. The van der Waals surface area contributed by atoms with Crippen LogP contribution in [0.3, 0.4) is 0 Å². The highest BCUT2D eigenvalue weighted by Gasteiger charge is 2.49. The fourth-order valence-electron chi connectivity index (χ4n) is 1.58. The second-order valence-electron chi connectivity index (χ2n) is 4.21. The van der Waals surface area contributed by atoms with Gasteiger partial charge >= 0.3 is 11.9 Å². The number of carbonyl (C=O) groups excluding carboxylic acids is 2. The number of hydrogen-bond acceptors (Lipinski definition) is 4. The monoisotopic (exact) mass is 245 g/mol. The largest absolute Gasteiger partial charge is 0.479 e. The van der Waals surface area contributed by atoms with Gasteiger partial charge in [-0.05, 0) is 19.3 Å². The molecule has 0 aromatic rings. The van der Waals surface area contributed by atoms with Crippen LogP contribution in [0.1, 0.15) is 34.1 Å². The molecular weight excluding hydrogens is 226 g/mol. The van der Waals surface area contributed by atoms with Gasteiger partial charge in [0.15, 0.2) is 0 Å². The zero-order valence-corrected chi connectivity index (χ0v) is 10.6. The van der Waals surface area contributed by atoms with E-state index >= 15 is 0 Å². The van der Waals surface area contributed by atoms with E-state index < -0.39 is 23.4 Å². The third-order valence-corrected chi connectivity index (χ3v) is 2.09. The molecule has 0 aromatic heterocycles. The fraction of sp³-hybridized carbons (Fsp3) is 0.727. The van der Waals surface area contributed by atoms with Gasteiger partial charge in [-0.25, -0.2) is 9.59 Å². The van der Waals surface area contributed by atoms with E-state index in [9.17, 15) is 19.5 Å². The number of hydrogen-bond donors (Lipinski definition) is 2. The second kappa shape index (κ2) is 6.22. The van der Waals surface area contributed by atoms with Crippen LogP contribution in [0.4, 0.5) is 0 Å². The van der Waals surface area contributed by atoms with Crippen LogP contribution >= 0.6 is 0 Å². The Bertz CT molecular complexity index is 313. The van der Waals surface area contributed by atoms with Gasteiger partial charge in [0.25, 0.3) is 0 Å². The average Bonchev–Trinajstić information content (AvgIpc) is 2.14. The molecule has 1 unspecified atom stereocenters. The molecule has 0 fully saturated rings. The van der Waals surface area contributed by atoms with Crippen LogP contribution in [0.2, 0.25) is 0 Å². The van der Waals surface area contributed by atoms with Crippen LogP contribution in [-0.2, 0) is 19.1 Å². The summed E-state index contributed by atoms with van der Waals surface area (Å²) in [5, 5.41) is 11.4. The molecule has 0 rings (SSSR count).